The van der Waals surface area contributed by atoms with Gasteiger partial charge in [0, 0.05) is 21.4 Å². The lowest BCUT2D eigenvalue weighted by molar-refractivity contribution is -0.116. The molecule has 2 aromatic carbocycles. The Labute approximate surface area is 113 Å². The fourth-order valence-electron chi connectivity index (χ4n) is 2.11. The average molecular weight is 303 g/mol. The van der Waals surface area contributed by atoms with Gasteiger partial charge in [0.1, 0.15) is 6.04 Å². The molecule has 3 nitrogen and oxygen atoms in total. The third-order valence-corrected chi connectivity index (χ3v) is 3.64. The second kappa shape index (κ2) is 4.46. The summed E-state index contributed by atoms with van der Waals surface area (Å²) >= 11 is 3.50. The first-order chi connectivity index (χ1) is 8.75. The van der Waals surface area contributed by atoms with Crippen LogP contribution in [0.25, 0.3) is 0 Å². The van der Waals surface area contributed by atoms with Crippen LogP contribution in [0.4, 0.5) is 11.4 Å². The Kier molecular flexibility index (Phi) is 2.80. The molecule has 1 amide bonds. The zero-order chi connectivity index (χ0) is 12.5. The number of fused-ring (bicyclic) bond motifs is 1. The summed E-state index contributed by atoms with van der Waals surface area (Å²) in [5, 5.41) is 6.12. The van der Waals surface area contributed by atoms with E-state index in [1.54, 1.807) is 0 Å². The van der Waals surface area contributed by atoms with Gasteiger partial charge in [0.05, 0.1) is 0 Å². The molecule has 0 saturated carbocycles. The highest BCUT2D eigenvalue weighted by Gasteiger charge is 2.32. The van der Waals surface area contributed by atoms with Crippen molar-refractivity contribution in [1.82, 2.24) is 0 Å². The number of carbonyl (C=O) groups is 1. The van der Waals surface area contributed by atoms with Gasteiger partial charge < -0.3 is 10.6 Å². The van der Waals surface area contributed by atoms with Crippen LogP contribution in [0.1, 0.15) is 11.6 Å². The largest absolute Gasteiger partial charge is 0.370 e. The van der Waals surface area contributed by atoms with E-state index in [0.29, 0.717) is 0 Å². The van der Waals surface area contributed by atoms with Gasteiger partial charge >= 0.3 is 0 Å². The number of rotatable bonds is 2. The number of amides is 1. The molecular formula is C14H11BrN2O. The van der Waals surface area contributed by atoms with Gasteiger partial charge in [-0.2, -0.15) is 0 Å². The van der Waals surface area contributed by atoms with E-state index >= 15 is 0 Å². The molecular weight excluding hydrogens is 292 g/mol. The Morgan fingerprint density at radius 2 is 1.83 bits per heavy atom. The van der Waals surface area contributed by atoms with Gasteiger partial charge in [0.15, 0.2) is 0 Å². The second-order valence-corrected chi connectivity index (χ2v) is 4.99. The molecule has 0 bridgehead atoms. The van der Waals surface area contributed by atoms with Crippen molar-refractivity contribution in [2.75, 3.05) is 10.6 Å². The summed E-state index contributed by atoms with van der Waals surface area (Å²) in [7, 11) is 0. The number of para-hydroxylation sites is 1. The molecule has 0 radical (unpaired) electrons. The number of hydrogen-bond acceptors (Lipinski definition) is 2. The second-order valence-electron chi connectivity index (χ2n) is 4.13. The van der Waals surface area contributed by atoms with Crippen molar-refractivity contribution in [3.63, 3.8) is 0 Å². The van der Waals surface area contributed by atoms with Crippen LogP contribution in [-0.2, 0) is 4.79 Å². The molecule has 18 heavy (non-hydrogen) atoms. The summed E-state index contributed by atoms with van der Waals surface area (Å²) in [5.74, 6) is -0.0271. The fourth-order valence-corrected chi connectivity index (χ4v) is 2.71. The summed E-state index contributed by atoms with van der Waals surface area (Å²) in [6.45, 7) is 0. The molecule has 1 heterocycles. The van der Waals surface area contributed by atoms with Gasteiger partial charge in [-0.25, -0.2) is 0 Å². The summed E-state index contributed by atoms with van der Waals surface area (Å²) in [6, 6.07) is 15.1. The summed E-state index contributed by atoms with van der Waals surface area (Å²) in [6.07, 6.45) is 0. The Balaban J connectivity index is 1.97. The minimum absolute atomic E-state index is 0.0271. The van der Waals surface area contributed by atoms with Crippen LogP contribution in [0.15, 0.2) is 53.0 Å². The van der Waals surface area contributed by atoms with Crippen molar-refractivity contribution < 1.29 is 4.79 Å². The first kappa shape index (κ1) is 11.3. The summed E-state index contributed by atoms with van der Waals surface area (Å²) < 4.78 is 0.937. The smallest absolute Gasteiger partial charge is 0.251 e. The van der Waals surface area contributed by atoms with Crippen LogP contribution in [0.2, 0.25) is 0 Å². The van der Waals surface area contributed by atoms with E-state index in [1.165, 1.54) is 0 Å². The topological polar surface area (TPSA) is 41.1 Å². The van der Waals surface area contributed by atoms with E-state index in [4.69, 9.17) is 0 Å². The van der Waals surface area contributed by atoms with Gasteiger partial charge in [0.2, 0.25) is 0 Å². The zero-order valence-corrected chi connectivity index (χ0v) is 11.1. The number of hydrogen-bond donors (Lipinski definition) is 2. The van der Waals surface area contributed by atoms with Crippen molar-refractivity contribution in [1.29, 1.82) is 0 Å². The van der Waals surface area contributed by atoms with Crippen molar-refractivity contribution in [3.05, 3.63) is 58.6 Å². The Morgan fingerprint density at radius 3 is 2.61 bits per heavy atom. The molecule has 2 aromatic rings. The Bertz CT molecular complexity index is 598. The number of anilines is 2. The zero-order valence-electron chi connectivity index (χ0n) is 9.48. The Hall–Kier alpha value is -1.81. The van der Waals surface area contributed by atoms with Crippen molar-refractivity contribution in [2.24, 2.45) is 0 Å². The first-order valence-corrected chi connectivity index (χ1v) is 6.46. The van der Waals surface area contributed by atoms with Crippen molar-refractivity contribution in [3.8, 4) is 0 Å². The number of halogens is 1. The molecule has 0 fully saturated rings. The van der Waals surface area contributed by atoms with Crippen molar-refractivity contribution in [2.45, 2.75) is 6.04 Å². The van der Waals surface area contributed by atoms with Gasteiger partial charge in [-0.05, 0) is 24.3 Å². The predicted molar refractivity (Wildman–Crippen MR) is 75.6 cm³/mol. The molecule has 2 N–H and O–H groups in total. The van der Waals surface area contributed by atoms with Crippen LogP contribution in [0, 0.1) is 0 Å². The monoisotopic (exact) mass is 302 g/mol. The first-order valence-electron chi connectivity index (χ1n) is 5.66. The number of nitrogens with one attached hydrogen (secondary N) is 2. The van der Waals surface area contributed by atoms with E-state index in [9.17, 15) is 4.79 Å². The molecule has 0 aromatic heterocycles. The molecule has 1 atom stereocenters. The quantitative estimate of drug-likeness (QED) is 0.890. The van der Waals surface area contributed by atoms with Crippen LogP contribution < -0.4 is 10.6 Å². The molecule has 0 spiro atoms. The third-order valence-electron chi connectivity index (χ3n) is 2.95. The molecule has 0 saturated heterocycles. The van der Waals surface area contributed by atoms with Crippen LogP contribution in [0.3, 0.4) is 0 Å². The third kappa shape index (κ3) is 1.88. The summed E-state index contributed by atoms with van der Waals surface area (Å²) in [5.41, 5.74) is 2.76. The van der Waals surface area contributed by atoms with Gasteiger partial charge in [-0.3, -0.25) is 4.79 Å². The van der Waals surface area contributed by atoms with Crippen LogP contribution >= 0.6 is 15.9 Å². The lowest BCUT2D eigenvalue weighted by atomic mass is 10.1. The van der Waals surface area contributed by atoms with E-state index < -0.39 is 0 Å². The fraction of sp³-hybridized carbons (Fsp3) is 0.0714. The predicted octanol–water partition coefficient (Wildman–Crippen LogP) is 3.55. The molecule has 1 aliphatic rings. The minimum atomic E-state index is -0.349. The highest BCUT2D eigenvalue weighted by Crippen LogP contribution is 2.38. The summed E-state index contributed by atoms with van der Waals surface area (Å²) in [4.78, 5) is 12.0. The van der Waals surface area contributed by atoms with Gasteiger partial charge in [-0.1, -0.05) is 40.2 Å². The molecule has 90 valence electrons. The van der Waals surface area contributed by atoms with Crippen LogP contribution in [-0.4, -0.2) is 5.91 Å². The van der Waals surface area contributed by atoms with E-state index in [1.807, 2.05) is 48.5 Å². The highest BCUT2D eigenvalue weighted by molar-refractivity contribution is 9.10. The highest BCUT2D eigenvalue weighted by atomic mass is 79.9. The molecule has 4 heteroatoms. The van der Waals surface area contributed by atoms with Crippen molar-refractivity contribution >= 4 is 33.2 Å². The lowest BCUT2D eigenvalue weighted by Gasteiger charge is -2.13. The van der Waals surface area contributed by atoms with E-state index in [-0.39, 0.29) is 11.9 Å². The normalized spacial score (nSPS) is 17.2. The molecule has 3 rings (SSSR count). The standard InChI is InChI=1S/C14H11BrN2O/c15-10-7-4-8-11-12(10)13(14(18)17-11)16-9-5-2-1-3-6-9/h1-8,13,16H,(H,17,18). The lowest BCUT2D eigenvalue weighted by Crippen LogP contribution is -2.19. The maximum atomic E-state index is 12.0. The maximum absolute atomic E-state index is 12.0. The van der Waals surface area contributed by atoms with Crippen LogP contribution in [0.5, 0.6) is 0 Å². The molecule has 1 aliphatic heterocycles. The SMILES string of the molecule is O=C1Nc2cccc(Br)c2C1Nc1ccccc1. The van der Waals surface area contributed by atoms with Gasteiger partial charge in [-0.15, -0.1) is 0 Å². The number of carbonyl (C=O) groups excluding carboxylic acids is 1. The molecule has 1 unspecified atom stereocenters. The maximum Gasteiger partial charge on any atom is 0.251 e. The number of benzene rings is 2. The van der Waals surface area contributed by atoms with E-state index in [2.05, 4.69) is 26.6 Å². The van der Waals surface area contributed by atoms with E-state index in [0.717, 1.165) is 21.4 Å². The van der Waals surface area contributed by atoms with Gasteiger partial charge in [0.25, 0.3) is 5.91 Å². The molecule has 0 aliphatic carbocycles. The Morgan fingerprint density at radius 1 is 1.06 bits per heavy atom. The average Bonchev–Trinajstić information content (AvgIpc) is 2.69. The minimum Gasteiger partial charge on any atom is -0.370 e.